The molecule has 5 heteroatoms. The number of nitrogens with zero attached hydrogens (tertiary/aromatic N) is 5. The van der Waals surface area contributed by atoms with Crippen molar-refractivity contribution in [3.63, 3.8) is 0 Å². The number of aromatic nitrogens is 5. The summed E-state index contributed by atoms with van der Waals surface area (Å²) >= 11 is 0. The van der Waals surface area contributed by atoms with Gasteiger partial charge in [-0.25, -0.2) is 0 Å². The van der Waals surface area contributed by atoms with Gasteiger partial charge in [0.15, 0.2) is 5.82 Å². The van der Waals surface area contributed by atoms with Gasteiger partial charge in [0.05, 0.1) is 22.1 Å². The third-order valence-electron chi connectivity index (χ3n) is 10.8. The molecule has 50 heavy (non-hydrogen) atoms. The van der Waals surface area contributed by atoms with E-state index >= 15 is 0 Å². The number of para-hydroxylation sites is 4. The second kappa shape index (κ2) is 12.0. The minimum absolute atomic E-state index is 0.316. The molecule has 5 aromatic carbocycles. The Morgan fingerprint density at radius 1 is 0.440 bits per heavy atom. The summed E-state index contributed by atoms with van der Waals surface area (Å²) in [4.78, 5) is 16.4. The van der Waals surface area contributed by atoms with Crippen LogP contribution in [0.1, 0.15) is 61.5 Å². The van der Waals surface area contributed by atoms with E-state index in [0.717, 1.165) is 59.1 Å². The fraction of sp³-hybridized carbons (Fsp3) is 0.178. The van der Waals surface area contributed by atoms with Crippen LogP contribution in [0.5, 0.6) is 0 Å². The van der Waals surface area contributed by atoms with Crippen LogP contribution < -0.4 is 0 Å². The zero-order chi connectivity index (χ0) is 33.0. The Morgan fingerprint density at radius 3 is 1.22 bits per heavy atom. The molecule has 3 heterocycles. The normalized spacial score (nSPS) is 17.8. The molecule has 5 nitrogen and oxygen atoms in total. The van der Waals surface area contributed by atoms with Gasteiger partial charge < -0.3 is 0 Å². The second-order valence-corrected chi connectivity index (χ2v) is 13.7. The van der Waals surface area contributed by atoms with Crippen molar-refractivity contribution >= 4 is 43.6 Å². The van der Waals surface area contributed by atoms with Gasteiger partial charge >= 0.3 is 0 Å². The standard InChI is InChI=1S/C45H37N5/c1-3-16-30(17-4-1)32-24-15-25-33(31-18-5-2-6-19-31)42(32)43-46-44(49-38-26-11-7-20-34(38)35-21-8-12-27-39(35)49)48-45(47-43)50-40-28-13-9-22-36(40)37-23-10-14-29-41(37)50/h3,5,7-16,18,20-31H,1-2,4,6,17,19H2. The summed E-state index contributed by atoms with van der Waals surface area (Å²) in [7, 11) is 0. The molecule has 0 spiro atoms. The monoisotopic (exact) mass is 647 g/mol. The molecule has 0 N–H and O–H groups in total. The van der Waals surface area contributed by atoms with Crippen LogP contribution in [0.4, 0.5) is 0 Å². The Kier molecular flexibility index (Phi) is 6.97. The molecule has 0 saturated carbocycles. The lowest BCUT2D eigenvalue weighted by atomic mass is 9.80. The quantitative estimate of drug-likeness (QED) is 0.175. The predicted octanol–water partition coefficient (Wildman–Crippen LogP) is 11.4. The second-order valence-electron chi connectivity index (χ2n) is 13.7. The molecule has 2 aliphatic carbocycles. The van der Waals surface area contributed by atoms with Crippen LogP contribution in [-0.2, 0) is 0 Å². The number of benzene rings is 5. The molecule has 0 amide bonds. The van der Waals surface area contributed by atoms with E-state index in [1.54, 1.807) is 0 Å². The zero-order valence-electron chi connectivity index (χ0n) is 27.9. The third-order valence-corrected chi connectivity index (χ3v) is 10.8. The van der Waals surface area contributed by atoms with Gasteiger partial charge in [-0.1, -0.05) is 115 Å². The largest absolute Gasteiger partial charge is 0.278 e. The Balaban J connectivity index is 1.33. The number of hydrogen-bond donors (Lipinski definition) is 0. The van der Waals surface area contributed by atoms with Gasteiger partial charge in [-0.15, -0.1) is 0 Å². The highest BCUT2D eigenvalue weighted by molar-refractivity contribution is 6.10. The van der Waals surface area contributed by atoms with Crippen LogP contribution in [0.25, 0.3) is 66.9 Å². The fourth-order valence-electron chi connectivity index (χ4n) is 8.55. The molecule has 3 aromatic heterocycles. The maximum absolute atomic E-state index is 5.51. The van der Waals surface area contributed by atoms with Gasteiger partial charge in [0, 0.05) is 38.9 Å². The Hall–Kier alpha value is -5.81. The fourth-order valence-corrected chi connectivity index (χ4v) is 8.55. The van der Waals surface area contributed by atoms with Crippen molar-refractivity contribution in [2.75, 3.05) is 0 Å². The summed E-state index contributed by atoms with van der Waals surface area (Å²) in [6.45, 7) is 0. The molecular weight excluding hydrogens is 611 g/mol. The predicted molar refractivity (Wildman–Crippen MR) is 205 cm³/mol. The summed E-state index contributed by atoms with van der Waals surface area (Å²) in [5.41, 5.74) is 8.11. The lowest BCUT2D eigenvalue weighted by Crippen LogP contribution is -2.13. The first-order valence-corrected chi connectivity index (χ1v) is 18.0. The summed E-state index contributed by atoms with van der Waals surface area (Å²) in [6.07, 6.45) is 16.4. The minimum Gasteiger partial charge on any atom is -0.278 e. The Bertz CT molecular complexity index is 2360. The van der Waals surface area contributed by atoms with Gasteiger partial charge in [-0.05, 0) is 73.9 Å². The van der Waals surface area contributed by atoms with Crippen LogP contribution in [0.15, 0.2) is 140 Å². The maximum Gasteiger partial charge on any atom is 0.240 e. The average molecular weight is 648 g/mol. The first-order valence-electron chi connectivity index (χ1n) is 18.0. The third kappa shape index (κ3) is 4.64. The van der Waals surface area contributed by atoms with Crippen molar-refractivity contribution in [1.29, 1.82) is 0 Å². The number of allylic oxidation sites excluding steroid dienone is 4. The molecule has 0 radical (unpaired) electrons. The van der Waals surface area contributed by atoms with E-state index < -0.39 is 0 Å². The molecule has 10 rings (SSSR count). The summed E-state index contributed by atoms with van der Waals surface area (Å²) < 4.78 is 4.47. The summed E-state index contributed by atoms with van der Waals surface area (Å²) in [6, 6.07) is 41.2. The lowest BCUT2D eigenvalue weighted by molar-refractivity contribution is 0.643. The maximum atomic E-state index is 5.51. The lowest BCUT2D eigenvalue weighted by Gasteiger charge is -2.26. The zero-order valence-corrected chi connectivity index (χ0v) is 27.9. The van der Waals surface area contributed by atoms with Crippen molar-refractivity contribution in [2.45, 2.75) is 50.4 Å². The summed E-state index contributed by atoms with van der Waals surface area (Å²) in [5.74, 6) is 2.62. The minimum atomic E-state index is 0.316. The molecule has 2 unspecified atom stereocenters. The van der Waals surface area contributed by atoms with Crippen molar-refractivity contribution in [3.8, 4) is 23.3 Å². The smallest absolute Gasteiger partial charge is 0.240 e. The molecule has 0 bridgehead atoms. The van der Waals surface area contributed by atoms with Gasteiger partial charge in [0.1, 0.15) is 0 Å². The van der Waals surface area contributed by atoms with E-state index in [-0.39, 0.29) is 0 Å². The van der Waals surface area contributed by atoms with Crippen LogP contribution in [0.2, 0.25) is 0 Å². The van der Waals surface area contributed by atoms with E-state index in [1.807, 2.05) is 0 Å². The molecule has 2 atom stereocenters. The Labute approximate surface area is 291 Å². The van der Waals surface area contributed by atoms with Crippen LogP contribution >= 0.6 is 0 Å². The highest BCUT2D eigenvalue weighted by Gasteiger charge is 2.27. The first-order chi connectivity index (χ1) is 24.8. The van der Waals surface area contributed by atoms with Crippen molar-refractivity contribution in [1.82, 2.24) is 24.1 Å². The Morgan fingerprint density at radius 2 is 0.840 bits per heavy atom. The van der Waals surface area contributed by atoms with Gasteiger partial charge in [-0.2, -0.15) is 15.0 Å². The van der Waals surface area contributed by atoms with Crippen LogP contribution in [-0.4, -0.2) is 24.1 Å². The molecular formula is C45H37N5. The molecule has 8 aromatic rings. The number of fused-ring (bicyclic) bond motifs is 6. The highest BCUT2D eigenvalue weighted by atomic mass is 15.3. The van der Waals surface area contributed by atoms with Crippen LogP contribution in [0, 0.1) is 0 Å². The first kappa shape index (κ1) is 29.1. The van der Waals surface area contributed by atoms with Crippen molar-refractivity contribution < 1.29 is 0 Å². The SMILES string of the molecule is C1=CC(c2cccc(C3C=CCCC3)c2-c2nc(-n3c4ccccc4c4ccccc43)nc(-n3c4ccccc4c4ccccc43)n2)CCC1. The molecule has 0 aliphatic heterocycles. The van der Waals surface area contributed by atoms with Crippen LogP contribution in [0.3, 0.4) is 0 Å². The molecule has 0 saturated heterocycles. The van der Waals surface area contributed by atoms with Gasteiger partial charge in [0.25, 0.3) is 0 Å². The van der Waals surface area contributed by atoms with E-state index in [0.29, 0.717) is 23.7 Å². The average Bonchev–Trinajstić information content (AvgIpc) is 3.71. The van der Waals surface area contributed by atoms with E-state index in [1.165, 1.54) is 45.5 Å². The van der Waals surface area contributed by atoms with E-state index in [9.17, 15) is 0 Å². The molecule has 2 aliphatic rings. The molecule has 242 valence electrons. The van der Waals surface area contributed by atoms with Crippen molar-refractivity contribution in [3.05, 3.63) is 151 Å². The van der Waals surface area contributed by atoms with E-state index in [4.69, 9.17) is 15.0 Å². The van der Waals surface area contributed by atoms with E-state index in [2.05, 4.69) is 149 Å². The van der Waals surface area contributed by atoms with Crippen molar-refractivity contribution in [2.24, 2.45) is 0 Å². The number of rotatable bonds is 5. The topological polar surface area (TPSA) is 48.5 Å². The molecule has 0 fully saturated rings. The number of hydrogen-bond acceptors (Lipinski definition) is 3. The highest BCUT2D eigenvalue weighted by Crippen LogP contribution is 2.42. The van der Waals surface area contributed by atoms with Gasteiger partial charge in [-0.3, -0.25) is 9.13 Å². The van der Waals surface area contributed by atoms with Gasteiger partial charge in [0.2, 0.25) is 11.9 Å². The summed E-state index contributed by atoms with van der Waals surface area (Å²) in [5, 5.41) is 4.74.